The van der Waals surface area contributed by atoms with Crippen LogP contribution in [0.3, 0.4) is 0 Å². The lowest BCUT2D eigenvalue weighted by Gasteiger charge is -2.12. The van der Waals surface area contributed by atoms with Gasteiger partial charge in [0.25, 0.3) is 0 Å². The summed E-state index contributed by atoms with van der Waals surface area (Å²) in [5.74, 6) is -1.89. The quantitative estimate of drug-likeness (QED) is 0.830. The summed E-state index contributed by atoms with van der Waals surface area (Å²) in [7, 11) is 1.18. The van der Waals surface area contributed by atoms with Crippen LogP contribution in [0.25, 0.3) is 0 Å². The molecule has 0 atom stereocenters. The van der Waals surface area contributed by atoms with Gasteiger partial charge in [-0.2, -0.15) is 0 Å². The van der Waals surface area contributed by atoms with E-state index in [1.165, 1.54) is 13.2 Å². The SMILES string of the molecule is CC.CC.COC(=O)c1cc(O)cc(C)c1OCC(=O)O. The molecule has 0 aliphatic rings. The van der Waals surface area contributed by atoms with E-state index < -0.39 is 18.5 Å². The number of aromatic hydroxyl groups is 1. The number of carboxylic acids is 1. The van der Waals surface area contributed by atoms with E-state index in [0.29, 0.717) is 5.56 Å². The van der Waals surface area contributed by atoms with Crippen molar-refractivity contribution >= 4 is 11.9 Å². The molecule has 0 saturated carbocycles. The lowest BCUT2D eigenvalue weighted by Crippen LogP contribution is -2.13. The maximum absolute atomic E-state index is 11.4. The van der Waals surface area contributed by atoms with Crippen LogP contribution in [0.4, 0.5) is 0 Å². The number of hydrogen-bond donors (Lipinski definition) is 2. The van der Waals surface area contributed by atoms with Gasteiger partial charge in [-0.25, -0.2) is 9.59 Å². The Hall–Kier alpha value is -2.24. The van der Waals surface area contributed by atoms with Gasteiger partial charge < -0.3 is 19.7 Å². The Labute approximate surface area is 125 Å². The van der Waals surface area contributed by atoms with E-state index in [9.17, 15) is 14.7 Å². The number of phenolic OH excluding ortho intramolecular Hbond substituents is 1. The average Bonchev–Trinajstić information content (AvgIpc) is 2.48. The number of benzene rings is 1. The summed E-state index contributed by atoms with van der Waals surface area (Å²) in [6, 6.07) is 2.53. The number of aliphatic carboxylic acids is 1. The van der Waals surface area contributed by atoms with Crippen molar-refractivity contribution < 1.29 is 29.3 Å². The smallest absolute Gasteiger partial charge is 0.341 e. The van der Waals surface area contributed by atoms with Crippen LogP contribution in [0.15, 0.2) is 12.1 Å². The third kappa shape index (κ3) is 7.20. The highest BCUT2D eigenvalue weighted by molar-refractivity contribution is 5.93. The predicted molar refractivity (Wildman–Crippen MR) is 80.0 cm³/mol. The molecule has 1 rings (SSSR count). The summed E-state index contributed by atoms with van der Waals surface area (Å²) >= 11 is 0. The minimum atomic E-state index is -1.16. The minimum Gasteiger partial charge on any atom is -0.508 e. The fourth-order valence-electron chi connectivity index (χ4n) is 1.34. The molecule has 1 aromatic rings. The Bertz CT molecular complexity index is 454. The normalized spacial score (nSPS) is 8.48. The van der Waals surface area contributed by atoms with Gasteiger partial charge in [0.2, 0.25) is 0 Å². The zero-order valence-corrected chi connectivity index (χ0v) is 13.4. The number of hydrogen-bond acceptors (Lipinski definition) is 5. The third-order valence-electron chi connectivity index (χ3n) is 2.00. The standard InChI is InChI=1S/C11H12O6.2C2H6/c1-6-3-7(12)4-8(11(15)16-2)10(6)17-5-9(13)14;2*1-2/h3-4,12H,5H2,1-2H3,(H,13,14);2*1-2H3. The summed E-state index contributed by atoms with van der Waals surface area (Å²) in [6.45, 7) is 9.01. The van der Waals surface area contributed by atoms with Crippen molar-refractivity contribution in [2.45, 2.75) is 34.6 Å². The molecule has 0 aliphatic heterocycles. The second-order valence-corrected chi connectivity index (χ2v) is 3.31. The molecule has 0 spiro atoms. The van der Waals surface area contributed by atoms with Crippen molar-refractivity contribution in [1.82, 2.24) is 0 Å². The minimum absolute atomic E-state index is 0.00810. The lowest BCUT2D eigenvalue weighted by molar-refractivity contribution is -0.139. The molecule has 0 heterocycles. The second kappa shape index (κ2) is 11.6. The van der Waals surface area contributed by atoms with Crippen LogP contribution in [0.2, 0.25) is 0 Å². The molecule has 0 fully saturated rings. The number of esters is 1. The molecule has 0 aliphatic carbocycles. The molecular formula is C15H24O6. The number of methoxy groups -OCH3 is 1. The second-order valence-electron chi connectivity index (χ2n) is 3.31. The van der Waals surface area contributed by atoms with Crippen LogP contribution < -0.4 is 4.74 Å². The number of rotatable bonds is 4. The third-order valence-corrected chi connectivity index (χ3v) is 2.00. The molecule has 6 nitrogen and oxygen atoms in total. The van der Waals surface area contributed by atoms with Gasteiger partial charge in [-0.15, -0.1) is 0 Å². The molecule has 0 saturated heterocycles. The van der Waals surface area contributed by atoms with Gasteiger partial charge in [-0.3, -0.25) is 0 Å². The molecule has 0 bridgehead atoms. The average molecular weight is 300 g/mol. The van der Waals surface area contributed by atoms with Crippen molar-refractivity contribution in [2.75, 3.05) is 13.7 Å². The Morgan fingerprint density at radius 2 is 1.67 bits per heavy atom. The molecule has 6 heteroatoms. The molecular weight excluding hydrogens is 276 g/mol. The number of carboxylic acid groups (broad SMARTS) is 1. The molecule has 120 valence electrons. The first kappa shape index (κ1) is 21.1. The van der Waals surface area contributed by atoms with Gasteiger partial charge >= 0.3 is 11.9 Å². The van der Waals surface area contributed by atoms with Gasteiger partial charge in [0.15, 0.2) is 6.61 Å². The predicted octanol–water partition coefficient (Wildman–Crippen LogP) is 3.00. The van der Waals surface area contributed by atoms with Crippen LogP contribution >= 0.6 is 0 Å². The molecule has 21 heavy (non-hydrogen) atoms. The van der Waals surface area contributed by atoms with Crippen molar-refractivity contribution in [1.29, 1.82) is 0 Å². The molecule has 0 unspecified atom stereocenters. The van der Waals surface area contributed by atoms with Crippen molar-refractivity contribution in [3.05, 3.63) is 23.3 Å². The first-order valence-corrected chi connectivity index (χ1v) is 6.72. The van der Waals surface area contributed by atoms with Gasteiger partial charge in [0.05, 0.1) is 7.11 Å². The van der Waals surface area contributed by atoms with E-state index in [2.05, 4.69) is 4.74 Å². The molecule has 0 amide bonds. The van der Waals surface area contributed by atoms with E-state index >= 15 is 0 Å². The fourth-order valence-corrected chi connectivity index (χ4v) is 1.34. The summed E-state index contributed by atoms with van der Waals surface area (Å²) in [5.41, 5.74) is 0.443. The molecule has 1 aromatic carbocycles. The highest BCUT2D eigenvalue weighted by atomic mass is 16.5. The highest BCUT2D eigenvalue weighted by Gasteiger charge is 2.17. The Kier molecular flexibility index (Phi) is 11.6. The summed E-state index contributed by atoms with van der Waals surface area (Å²) in [6.07, 6.45) is 0. The van der Waals surface area contributed by atoms with E-state index in [4.69, 9.17) is 9.84 Å². The van der Waals surface area contributed by atoms with Crippen LogP contribution in [-0.2, 0) is 9.53 Å². The first-order valence-electron chi connectivity index (χ1n) is 6.72. The van der Waals surface area contributed by atoms with Gasteiger partial charge in [-0.1, -0.05) is 27.7 Å². The fraction of sp³-hybridized carbons (Fsp3) is 0.467. The number of phenols is 1. The first-order chi connectivity index (χ1) is 9.95. The topological polar surface area (TPSA) is 93.1 Å². The molecule has 2 N–H and O–H groups in total. The van der Waals surface area contributed by atoms with Crippen LogP contribution in [0.1, 0.15) is 43.6 Å². The lowest BCUT2D eigenvalue weighted by atomic mass is 10.1. The number of carbonyl (C=O) groups excluding carboxylic acids is 1. The van der Waals surface area contributed by atoms with Gasteiger partial charge in [0, 0.05) is 0 Å². The van der Waals surface area contributed by atoms with E-state index in [-0.39, 0.29) is 17.1 Å². The van der Waals surface area contributed by atoms with E-state index in [1.54, 1.807) is 6.92 Å². The van der Waals surface area contributed by atoms with Gasteiger partial charge in [-0.05, 0) is 24.6 Å². The van der Waals surface area contributed by atoms with Crippen LogP contribution in [0.5, 0.6) is 11.5 Å². The van der Waals surface area contributed by atoms with Crippen LogP contribution in [0, 0.1) is 6.92 Å². The highest BCUT2D eigenvalue weighted by Crippen LogP contribution is 2.29. The van der Waals surface area contributed by atoms with Crippen molar-refractivity contribution in [2.24, 2.45) is 0 Å². The van der Waals surface area contributed by atoms with Gasteiger partial charge in [0.1, 0.15) is 17.1 Å². The molecule has 0 aromatic heterocycles. The monoisotopic (exact) mass is 300 g/mol. The zero-order chi connectivity index (χ0) is 17.0. The molecule has 0 radical (unpaired) electrons. The van der Waals surface area contributed by atoms with Crippen LogP contribution in [-0.4, -0.2) is 35.9 Å². The summed E-state index contributed by atoms with van der Waals surface area (Å²) in [5, 5.41) is 17.9. The number of aryl methyl sites for hydroxylation is 1. The van der Waals surface area contributed by atoms with Crippen molar-refractivity contribution in [3.8, 4) is 11.5 Å². The summed E-state index contributed by atoms with van der Waals surface area (Å²) in [4.78, 5) is 21.8. The maximum atomic E-state index is 11.4. The number of carbonyl (C=O) groups is 2. The van der Waals surface area contributed by atoms with Crippen molar-refractivity contribution in [3.63, 3.8) is 0 Å². The Morgan fingerprint density at radius 3 is 2.10 bits per heavy atom. The Balaban J connectivity index is 0. The Morgan fingerprint density at radius 1 is 1.14 bits per heavy atom. The maximum Gasteiger partial charge on any atom is 0.341 e. The largest absolute Gasteiger partial charge is 0.508 e. The van der Waals surface area contributed by atoms with E-state index in [0.717, 1.165) is 6.07 Å². The number of ether oxygens (including phenoxy) is 2. The zero-order valence-electron chi connectivity index (χ0n) is 13.4. The summed E-state index contributed by atoms with van der Waals surface area (Å²) < 4.78 is 9.51. The van der Waals surface area contributed by atoms with E-state index in [1.807, 2.05) is 27.7 Å².